The van der Waals surface area contributed by atoms with E-state index in [1.54, 1.807) is 6.92 Å². The summed E-state index contributed by atoms with van der Waals surface area (Å²) >= 11 is 0. The molecule has 210 valence electrons. The van der Waals surface area contributed by atoms with Gasteiger partial charge < -0.3 is 15.4 Å². The van der Waals surface area contributed by atoms with Crippen LogP contribution >= 0.6 is 0 Å². The maximum absolute atomic E-state index is 15.2. The molecule has 3 N–H and O–H groups in total. The lowest BCUT2D eigenvalue weighted by Crippen LogP contribution is -2.46. The molecule has 0 atom stereocenters. The number of fused-ring (bicyclic) bond motifs is 1. The molecule has 1 aliphatic heterocycles. The van der Waals surface area contributed by atoms with Crippen molar-refractivity contribution in [1.29, 1.82) is 0 Å². The van der Waals surface area contributed by atoms with Gasteiger partial charge in [0.15, 0.2) is 11.6 Å². The second-order valence-electron chi connectivity index (χ2n) is 9.78. The Kier molecular flexibility index (Phi) is 8.33. The monoisotopic (exact) mass is 562 g/mol. The van der Waals surface area contributed by atoms with E-state index in [0.29, 0.717) is 23.9 Å². The van der Waals surface area contributed by atoms with Gasteiger partial charge in [0.05, 0.1) is 30.9 Å². The number of anilines is 4. The van der Waals surface area contributed by atoms with E-state index in [9.17, 15) is 12.8 Å². The van der Waals surface area contributed by atoms with Crippen molar-refractivity contribution in [1.82, 2.24) is 24.8 Å². The number of morpholine rings is 1. The number of benzene rings is 1. The Hall–Kier alpha value is -3.23. The van der Waals surface area contributed by atoms with Gasteiger partial charge >= 0.3 is 0 Å². The summed E-state index contributed by atoms with van der Waals surface area (Å²) in [7, 11) is -3.78. The van der Waals surface area contributed by atoms with E-state index < -0.39 is 27.3 Å². The fourth-order valence-corrected chi connectivity index (χ4v) is 6.21. The van der Waals surface area contributed by atoms with Crippen molar-refractivity contribution >= 4 is 44.2 Å². The van der Waals surface area contributed by atoms with E-state index in [1.165, 1.54) is 12.5 Å². The minimum atomic E-state index is -3.78. The number of nitrogens with one attached hydrogen (secondary N) is 3. The molecule has 11 nitrogen and oxygen atoms in total. The summed E-state index contributed by atoms with van der Waals surface area (Å²) in [6.45, 7) is 5.21. The first kappa shape index (κ1) is 27.3. The van der Waals surface area contributed by atoms with E-state index in [2.05, 4.69) is 40.2 Å². The lowest BCUT2D eigenvalue weighted by Gasteiger charge is -2.38. The van der Waals surface area contributed by atoms with Gasteiger partial charge in [-0.2, -0.15) is 0 Å². The van der Waals surface area contributed by atoms with Crippen molar-refractivity contribution in [2.24, 2.45) is 0 Å². The number of halogens is 2. The second-order valence-corrected chi connectivity index (χ2v) is 11.6. The van der Waals surface area contributed by atoms with Gasteiger partial charge in [-0.3, -0.25) is 9.62 Å². The molecule has 2 aliphatic rings. The number of hydrogen-bond acceptors (Lipinski definition) is 10. The van der Waals surface area contributed by atoms with Crippen molar-refractivity contribution in [2.45, 2.75) is 51.1 Å². The molecular formula is C25H32F2N8O3S. The maximum Gasteiger partial charge on any atom is 0.232 e. The summed E-state index contributed by atoms with van der Waals surface area (Å²) in [6, 6.07) is 2.77. The zero-order chi connectivity index (χ0) is 27.4. The number of hydrogen-bond donors (Lipinski definition) is 3. The quantitative estimate of drug-likeness (QED) is 0.355. The van der Waals surface area contributed by atoms with Crippen molar-refractivity contribution in [3.63, 3.8) is 0 Å². The highest BCUT2D eigenvalue weighted by molar-refractivity contribution is 7.92. The average Bonchev–Trinajstić information content (AvgIpc) is 2.93. The molecule has 1 aliphatic carbocycles. The van der Waals surface area contributed by atoms with Gasteiger partial charge in [0.1, 0.15) is 28.9 Å². The highest BCUT2D eigenvalue weighted by atomic mass is 32.2. The molecule has 0 bridgehead atoms. The van der Waals surface area contributed by atoms with Crippen LogP contribution in [0.15, 0.2) is 24.7 Å². The van der Waals surface area contributed by atoms with Gasteiger partial charge in [0, 0.05) is 25.2 Å². The van der Waals surface area contributed by atoms with Crippen molar-refractivity contribution < 1.29 is 21.9 Å². The van der Waals surface area contributed by atoms with Crippen LogP contribution in [0.2, 0.25) is 0 Å². The lowest BCUT2D eigenvalue weighted by atomic mass is 9.90. The standard InChI is InChI=1S/C25H32F2N8O3S/c1-2-13-39(36,37)34-19-8-7-18(26)22(21(19)27)32-24-23-20(29-15-30-24)14-28-25(33-23)31-16-3-5-17(6-4-16)35-9-11-38-12-10-35/h7-8,14-17,34H,2-6,9-13H2,1H3,(H,28,31,33)(H,29,30,32). The minimum Gasteiger partial charge on any atom is -0.379 e. The fourth-order valence-electron chi connectivity index (χ4n) is 5.08. The van der Waals surface area contributed by atoms with Crippen LogP contribution in [0.1, 0.15) is 39.0 Å². The SMILES string of the molecule is CCCS(=O)(=O)Nc1ccc(F)c(Nc2ncnc3cnc(NC4CCC(N5CCOCC5)CC4)nc23)c1F. The average molecular weight is 563 g/mol. The molecule has 2 aromatic heterocycles. The third-order valence-corrected chi connectivity index (χ3v) is 8.52. The first-order valence-corrected chi connectivity index (χ1v) is 14.8. The molecule has 0 spiro atoms. The highest BCUT2D eigenvalue weighted by Crippen LogP contribution is 2.31. The number of ether oxygens (including phenoxy) is 1. The van der Waals surface area contributed by atoms with Crippen LogP contribution in [0.3, 0.4) is 0 Å². The van der Waals surface area contributed by atoms with Gasteiger partial charge in [0.2, 0.25) is 16.0 Å². The van der Waals surface area contributed by atoms with Crippen LogP contribution in [0.4, 0.5) is 31.9 Å². The maximum atomic E-state index is 15.2. The molecule has 0 unspecified atom stereocenters. The van der Waals surface area contributed by atoms with Crippen LogP contribution < -0.4 is 15.4 Å². The summed E-state index contributed by atoms with van der Waals surface area (Å²) in [5, 5.41) is 6.03. The Labute approximate surface area is 225 Å². The van der Waals surface area contributed by atoms with Crippen LogP contribution in [0, 0.1) is 11.6 Å². The van der Waals surface area contributed by atoms with Gasteiger partial charge in [-0.15, -0.1) is 0 Å². The molecule has 3 aromatic rings. The number of nitrogens with zero attached hydrogens (tertiary/aromatic N) is 5. The van der Waals surface area contributed by atoms with Crippen LogP contribution in [0.25, 0.3) is 11.0 Å². The Balaban J connectivity index is 1.32. The van der Waals surface area contributed by atoms with Crippen LogP contribution in [0.5, 0.6) is 0 Å². The Bertz CT molecular complexity index is 1410. The normalized spacial score (nSPS) is 20.6. The number of rotatable bonds is 9. The number of aromatic nitrogens is 4. The number of sulfonamides is 1. The molecule has 14 heteroatoms. The molecular weight excluding hydrogens is 530 g/mol. The summed E-state index contributed by atoms with van der Waals surface area (Å²) in [5.41, 5.74) is -0.265. The predicted octanol–water partition coefficient (Wildman–Crippen LogP) is 3.65. The van der Waals surface area contributed by atoms with Gasteiger partial charge in [-0.1, -0.05) is 6.92 Å². The molecule has 1 aromatic carbocycles. The topological polar surface area (TPSA) is 134 Å². The van der Waals surface area contributed by atoms with E-state index in [1.807, 2.05) is 0 Å². The fraction of sp³-hybridized carbons (Fsp3) is 0.520. The molecule has 1 saturated carbocycles. The van der Waals surface area contributed by atoms with Gasteiger partial charge in [-0.25, -0.2) is 37.1 Å². The summed E-state index contributed by atoms with van der Waals surface area (Å²) in [4.78, 5) is 19.7. The van der Waals surface area contributed by atoms with Crippen LogP contribution in [-0.4, -0.2) is 77.4 Å². The third-order valence-electron chi connectivity index (χ3n) is 7.04. The molecule has 3 heterocycles. The summed E-state index contributed by atoms with van der Waals surface area (Å²) in [5.74, 6) is -1.76. The summed E-state index contributed by atoms with van der Waals surface area (Å²) in [6.07, 6.45) is 7.18. The lowest BCUT2D eigenvalue weighted by molar-refractivity contribution is 0.00790. The zero-order valence-corrected chi connectivity index (χ0v) is 22.5. The second kappa shape index (κ2) is 11.9. The third kappa shape index (κ3) is 6.50. The Morgan fingerprint density at radius 3 is 2.59 bits per heavy atom. The van der Waals surface area contributed by atoms with Crippen molar-refractivity contribution in [3.8, 4) is 0 Å². The van der Waals surface area contributed by atoms with Crippen molar-refractivity contribution in [2.75, 3.05) is 47.4 Å². The molecule has 0 radical (unpaired) electrons. The highest BCUT2D eigenvalue weighted by Gasteiger charge is 2.27. The molecule has 39 heavy (non-hydrogen) atoms. The minimum absolute atomic E-state index is 0.0628. The molecule has 5 rings (SSSR count). The Morgan fingerprint density at radius 1 is 1.08 bits per heavy atom. The summed E-state index contributed by atoms with van der Waals surface area (Å²) < 4.78 is 61.8. The van der Waals surface area contributed by atoms with E-state index in [0.717, 1.165) is 64.1 Å². The molecule has 2 fully saturated rings. The molecule has 1 saturated heterocycles. The predicted molar refractivity (Wildman–Crippen MR) is 145 cm³/mol. The van der Waals surface area contributed by atoms with Crippen LogP contribution in [-0.2, 0) is 14.8 Å². The van der Waals surface area contributed by atoms with E-state index in [4.69, 9.17) is 4.74 Å². The van der Waals surface area contributed by atoms with Gasteiger partial charge in [0.25, 0.3) is 0 Å². The smallest absolute Gasteiger partial charge is 0.232 e. The zero-order valence-electron chi connectivity index (χ0n) is 21.7. The Morgan fingerprint density at radius 2 is 1.85 bits per heavy atom. The van der Waals surface area contributed by atoms with Crippen molar-refractivity contribution in [3.05, 3.63) is 36.3 Å². The van der Waals surface area contributed by atoms with Gasteiger partial charge in [-0.05, 0) is 44.2 Å². The van der Waals surface area contributed by atoms with E-state index >= 15 is 4.39 Å². The molecule has 0 amide bonds. The first-order chi connectivity index (χ1) is 18.8. The first-order valence-electron chi connectivity index (χ1n) is 13.1. The van der Waals surface area contributed by atoms with E-state index in [-0.39, 0.29) is 28.8 Å². The largest absolute Gasteiger partial charge is 0.379 e.